The smallest absolute Gasteiger partial charge is 0.228 e. The van der Waals surface area contributed by atoms with Gasteiger partial charge in [-0.15, -0.1) is 0 Å². The molecule has 3 heteroatoms. The second kappa shape index (κ2) is 6.48. The molecule has 1 amide bonds. The van der Waals surface area contributed by atoms with E-state index in [4.69, 9.17) is 4.74 Å². The molecule has 0 spiro atoms. The molecule has 2 aromatic carbocycles. The summed E-state index contributed by atoms with van der Waals surface area (Å²) in [5.74, 6) is 0.746. The van der Waals surface area contributed by atoms with Gasteiger partial charge in [0.15, 0.2) is 0 Å². The van der Waals surface area contributed by atoms with Crippen molar-refractivity contribution in [1.82, 2.24) is 5.32 Å². The second-order valence-electron chi connectivity index (χ2n) is 5.41. The van der Waals surface area contributed by atoms with E-state index in [0.717, 1.165) is 11.1 Å². The molecule has 0 bridgehead atoms. The van der Waals surface area contributed by atoms with Gasteiger partial charge in [-0.25, -0.2) is 0 Å². The molecule has 1 aliphatic heterocycles. The average Bonchev–Trinajstić information content (AvgIpc) is 2.75. The Morgan fingerprint density at radius 1 is 0.955 bits per heavy atom. The van der Waals surface area contributed by atoms with Crippen LogP contribution in [0, 0.1) is 0 Å². The SMILES string of the molecule is COC1=C[C@H](c2ccccc2)[C@H](c2ccccc2)NC(=O)C1. The molecule has 0 radical (unpaired) electrons. The van der Waals surface area contributed by atoms with Crippen LogP contribution in [0.3, 0.4) is 0 Å². The molecule has 0 fully saturated rings. The molecule has 22 heavy (non-hydrogen) atoms. The quantitative estimate of drug-likeness (QED) is 0.939. The van der Waals surface area contributed by atoms with Gasteiger partial charge in [-0.3, -0.25) is 4.79 Å². The highest BCUT2D eigenvalue weighted by molar-refractivity contribution is 5.79. The van der Waals surface area contributed by atoms with E-state index in [1.807, 2.05) is 48.5 Å². The number of hydrogen-bond donors (Lipinski definition) is 1. The first-order valence-corrected chi connectivity index (χ1v) is 7.42. The third-order valence-corrected chi connectivity index (χ3v) is 3.98. The van der Waals surface area contributed by atoms with E-state index >= 15 is 0 Å². The lowest BCUT2D eigenvalue weighted by molar-refractivity contribution is -0.121. The zero-order chi connectivity index (χ0) is 15.4. The predicted octanol–water partition coefficient (Wildman–Crippen LogP) is 3.56. The van der Waals surface area contributed by atoms with Crippen molar-refractivity contribution in [2.45, 2.75) is 18.4 Å². The minimum Gasteiger partial charge on any atom is -0.501 e. The molecule has 1 heterocycles. The second-order valence-corrected chi connectivity index (χ2v) is 5.41. The summed E-state index contributed by atoms with van der Waals surface area (Å²) in [6.07, 6.45) is 2.34. The molecular weight excluding hydrogens is 274 g/mol. The number of nitrogens with one attached hydrogen (secondary N) is 1. The molecule has 3 rings (SSSR count). The van der Waals surface area contributed by atoms with Crippen molar-refractivity contribution in [1.29, 1.82) is 0 Å². The summed E-state index contributed by atoms with van der Waals surface area (Å²) >= 11 is 0. The minimum atomic E-state index is -0.0938. The van der Waals surface area contributed by atoms with E-state index in [1.54, 1.807) is 7.11 Å². The van der Waals surface area contributed by atoms with Gasteiger partial charge in [0, 0.05) is 5.92 Å². The molecular formula is C19H19NO2. The third-order valence-electron chi connectivity index (χ3n) is 3.98. The molecule has 0 unspecified atom stereocenters. The zero-order valence-corrected chi connectivity index (χ0v) is 12.5. The molecule has 1 aliphatic rings. The van der Waals surface area contributed by atoms with Crippen LogP contribution in [-0.2, 0) is 9.53 Å². The Morgan fingerprint density at radius 2 is 1.55 bits per heavy atom. The van der Waals surface area contributed by atoms with E-state index in [0.29, 0.717) is 5.76 Å². The monoisotopic (exact) mass is 293 g/mol. The fourth-order valence-electron chi connectivity index (χ4n) is 2.88. The van der Waals surface area contributed by atoms with Crippen molar-refractivity contribution in [2.75, 3.05) is 7.11 Å². The highest BCUT2D eigenvalue weighted by Gasteiger charge is 2.29. The van der Waals surface area contributed by atoms with Gasteiger partial charge >= 0.3 is 0 Å². The van der Waals surface area contributed by atoms with Crippen LogP contribution in [0.1, 0.15) is 29.5 Å². The number of carbonyl (C=O) groups excluding carboxylic acids is 1. The van der Waals surface area contributed by atoms with E-state index in [1.165, 1.54) is 0 Å². The molecule has 0 saturated heterocycles. The first-order chi connectivity index (χ1) is 10.8. The average molecular weight is 293 g/mol. The van der Waals surface area contributed by atoms with Crippen LogP contribution in [0.2, 0.25) is 0 Å². The molecule has 112 valence electrons. The number of amides is 1. The highest BCUT2D eigenvalue weighted by atomic mass is 16.5. The fraction of sp³-hybridized carbons (Fsp3) is 0.211. The largest absolute Gasteiger partial charge is 0.501 e. The number of hydrogen-bond acceptors (Lipinski definition) is 2. The van der Waals surface area contributed by atoms with Gasteiger partial charge < -0.3 is 10.1 Å². The van der Waals surface area contributed by atoms with E-state index in [9.17, 15) is 4.79 Å². The number of methoxy groups -OCH3 is 1. The molecule has 1 N–H and O–H groups in total. The summed E-state index contributed by atoms with van der Waals surface area (Å²) in [5, 5.41) is 3.14. The van der Waals surface area contributed by atoms with Gasteiger partial charge in [0.2, 0.25) is 5.91 Å². The normalized spacial score (nSPS) is 21.5. The summed E-state index contributed by atoms with van der Waals surface area (Å²) in [6.45, 7) is 0. The van der Waals surface area contributed by atoms with Crippen LogP contribution in [0.5, 0.6) is 0 Å². The van der Waals surface area contributed by atoms with Crippen LogP contribution in [0.15, 0.2) is 72.5 Å². The molecule has 0 aromatic heterocycles. The van der Waals surface area contributed by atoms with Gasteiger partial charge in [0.25, 0.3) is 0 Å². The Kier molecular flexibility index (Phi) is 4.24. The molecule has 2 aromatic rings. The van der Waals surface area contributed by atoms with E-state index < -0.39 is 0 Å². The number of rotatable bonds is 3. The van der Waals surface area contributed by atoms with Gasteiger partial charge in [0.1, 0.15) is 5.76 Å². The van der Waals surface area contributed by atoms with Crippen molar-refractivity contribution in [3.05, 3.63) is 83.6 Å². The van der Waals surface area contributed by atoms with Crippen molar-refractivity contribution < 1.29 is 9.53 Å². The minimum absolute atomic E-state index is 0.0135. The summed E-state index contributed by atoms with van der Waals surface area (Å²) in [5.41, 5.74) is 2.26. The summed E-state index contributed by atoms with van der Waals surface area (Å²) in [7, 11) is 1.62. The van der Waals surface area contributed by atoms with Crippen molar-refractivity contribution in [2.24, 2.45) is 0 Å². The maximum atomic E-state index is 12.2. The van der Waals surface area contributed by atoms with Crippen molar-refractivity contribution in [3.63, 3.8) is 0 Å². The Balaban J connectivity index is 2.07. The topological polar surface area (TPSA) is 38.3 Å². The van der Waals surface area contributed by atoms with Crippen LogP contribution in [-0.4, -0.2) is 13.0 Å². The maximum absolute atomic E-state index is 12.2. The van der Waals surface area contributed by atoms with E-state index in [-0.39, 0.29) is 24.3 Å². The highest BCUT2D eigenvalue weighted by Crippen LogP contribution is 2.35. The Morgan fingerprint density at radius 3 is 2.14 bits per heavy atom. The summed E-state index contributed by atoms with van der Waals surface area (Å²) in [4.78, 5) is 12.2. The first-order valence-electron chi connectivity index (χ1n) is 7.42. The standard InChI is InChI=1S/C19H19NO2/c1-22-16-12-17(14-8-4-2-5-9-14)19(20-18(21)13-16)15-10-6-3-7-11-15/h2-12,17,19H,13H2,1H3,(H,20,21)/t17-,19+/m1/s1. The third kappa shape index (κ3) is 3.03. The van der Waals surface area contributed by atoms with Crippen molar-refractivity contribution >= 4 is 5.91 Å². The first kappa shape index (κ1) is 14.4. The zero-order valence-electron chi connectivity index (χ0n) is 12.5. The number of ether oxygens (including phenoxy) is 1. The van der Waals surface area contributed by atoms with Gasteiger partial charge in [-0.05, 0) is 17.2 Å². The van der Waals surface area contributed by atoms with Crippen LogP contribution >= 0.6 is 0 Å². The number of benzene rings is 2. The molecule has 2 atom stereocenters. The van der Waals surface area contributed by atoms with Crippen LogP contribution in [0.4, 0.5) is 0 Å². The van der Waals surface area contributed by atoms with Crippen LogP contribution < -0.4 is 5.32 Å². The van der Waals surface area contributed by atoms with Gasteiger partial charge in [0.05, 0.1) is 19.6 Å². The molecule has 0 aliphatic carbocycles. The molecule has 0 saturated carbocycles. The predicted molar refractivity (Wildman–Crippen MR) is 86.2 cm³/mol. The van der Waals surface area contributed by atoms with Gasteiger partial charge in [-0.1, -0.05) is 60.7 Å². The molecule has 3 nitrogen and oxygen atoms in total. The number of carbonyl (C=O) groups is 1. The summed E-state index contributed by atoms with van der Waals surface area (Å²) < 4.78 is 5.38. The Hall–Kier alpha value is -2.55. The van der Waals surface area contributed by atoms with Gasteiger partial charge in [-0.2, -0.15) is 0 Å². The Bertz CT molecular complexity index is 664. The Labute approximate surface area is 130 Å². The van der Waals surface area contributed by atoms with E-state index in [2.05, 4.69) is 23.5 Å². The lowest BCUT2D eigenvalue weighted by atomic mass is 9.87. The maximum Gasteiger partial charge on any atom is 0.228 e. The summed E-state index contributed by atoms with van der Waals surface area (Å²) in [6, 6.07) is 20.2. The van der Waals surface area contributed by atoms with Crippen LogP contribution in [0.25, 0.3) is 0 Å². The van der Waals surface area contributed by atoms with Crippen molar-refractivity contribution in [3.8, 4) is 0 Å². The lowest BCUT2D eigenvalue weighted by Crippen LogP contribution is -2.30. The lowest BCUT2D eigenvalue weighted by Gasteiger charge is -2.25. The fourth-order valence-corrected chi connectivity index (χ4v) is 2.88.